The molecule has 0 spiro atoms. The van der Waals surface area contributed by atoms with E-state index >= 15 is 0 Å². The van der Waals surface area contributed by atoms with E-state index in [2.05, 4.69) is 20.6 Å². The minimum Gasteiger partial charge on any atom is -0.356 e. The molecule has 2 aromatic carbocycles. The molecule has 0 N–H and O–H groups in total. The lowest BCUT2D eigenvalue weighted by atomic mass is 10.1. The van der Waals surface area contributed by atoms with Crippen molar-refractivity contribution < 1.29 is 8.91 Å². The van der Waals surface area contributed by atoms with Gasteiger partial charge in [-0.3, -0.25) is 0 Å². The van der Waals surface area contributed by atoms with Gasteiger partial charge in [-0.2, -0.15) is 4.80 Å². The Hall–Kier alpha value is -3.06. The Morgan fingerprint density at radius 3 is 2.65 bits per heavy atom. The van der Waals surface area contributed by atoms with Crippen LogP contribution >= 0.6 is 11.6 Å². The first kappa shape index (κ1) is 16.4. The first-order chi connectivity index (χ1) is 12.6. The van der Waals surface area contributed by atoms with E-state index < -0.39 is 0 Å². The molecule has 8 heteroatoms. The molecule has 0 aliphatic heterocycles. The zero-order valence-corrected chi connectivity index (χ0v) is 14.5. The van der Waals surface area contributed by atoms with E-state index in [0.29, 0.717) is 34.4 Å². The highest BCUT2D eigenvalue weighted by Gasteiger charge is 2.16. The third-order valence-corrected chi connectivity index (χ3v) is 4.32. The average molecular weight is 370 g/mol. The Kier molecular flexibility index (Phi) is 4.22. The van der Waals surface area contributed by atoms with E-state index in [1.165, 1.54) is 16.9 Å². The Balaban J connectivity index is 1.59. The van der Waals surface area contributed by atoms with E-state index in [4.69, 9.17) is 16.1 Å². The van der Waals surface area contributed by atoms with Gasteiger partial charge in [0.1, 0.15) is 18.1 Å². The molecule has 26 heavy (non-hydrogen) atoms. The first-order valence-electron chi connectivity index (χ1n) is 7.85. The molecule has 0 saturated heterocycles. The SMILES string of the molecule is Cc1c(Cn2nnc(-c3ccccc3Cl)n2)noc1-c1ccc(F)cc1. The van der Waals surface area contributed by atoms with Gasteiger partial charge in [-0.25, -0.2) is 4.39 Å². The molecule has 6 nitrogen and oxygen atoms in total. The van der Waals surface area contributed by atoms with Crippen LogP contribution in [-0.2, 0) is 6.54 Å². The Labute approximate surface area is 153 Å². The summed E-state index contributed by atoms with van der Waals surface area (Å²) in [7, 11) is 0. The minimum atomic E-state index is -0.301. The molecule has 0 aliphatic carbocycles. The smallest absolute Gasteiger partial charge is 0.206 e. The lowest BCUT2D eigenvalue weighted by Crippen LogP contribution is -2.05. The molecule has 130 valence electrons. The Morgan fingerprint density at radius 1 is 1.12 bits per heavy atom. The van der Waals surface area contributed by atoms with Crippen molar-refractivity contribution in [3.05, 3.63) is 70.6 Å². The number of nitrogens with zero attached hydrogens (tertiary/aromatic N) is 5. The molecule has 0 atom stereocenters. The molecule has 0 radical (unpaired) electrons. The second-order valence-corrected chi connectivity index (χ2v) is 6.12. The van der Waals surface area contributed by atoms with Crippen molar-refractivity contribution in [3.63, 3.8) is 0 Å². The summed E-state index contributed by atoms with van der Waals surface area (Å²) in [6.45, 7) is 2.18. The van der Waals surface area contributed by atoms with Crippen LogP contribution in [0.1, 0.15) is 11.3 Å². The molecule has 2 heterocycles. The Morgan fingerprint density at radius 2 is 1.88 bits per heavy atom. The van der Waals surface area contributed by atoms with Gasteiger partial charge in [0.25, 0.3) is 0 Å². The number of rotatable bonds is 4. The molecule has 2 aromatic heterocycles. The van der Waals surface area contributed by atoms with Crippen LogP contribution in [0.25, 0.3) is 22.7 Å². The molecule has 0 aliphatic rings. The number of aromatic nitrogens is 5. The molecule has 0 unspecified atom stereocenters. The van der Waals surface area contributed by atoms with Crippen LogP contribution in [0.5, 0.6) is 0 Å². The van der Waals surface area contributed by atoms with Crippen LogP contribution in [0, 0.1) is 12.7 Å². The monoisotopic (exact) mass is 369 g/mol. The molecular weight excluding hydrogens is 357 g/mol. The maximum absolute atomic E-state index is 13.1. The van der Waals surface area contributed by atoms with E-state index in [0.717, 1.165) is 11.1 Å². The van der Waals surface area contributed by atoms with E-state index in [-0.39, 0.29) is 5.82 Å². The second kappa shape index (κ2) is 6.68. The van der Waals surface area contributed by atoms with E-state index in [1.807, 2.05) is 25.1 Å². The summed E-state index contributed by atoms with van der Waals surface area (Å²) in [5.74, 6) is 0.729. The van der Waals surface area contributed by atoms with Gasteiger partial charge in [0, 0.05) is 16.7 Å². The van der Waals surface area contributed by atoms with Crippen LogP contribution in [0.2, 0.25) is 5.02 Å². The summed E-state index contributed by atoms with van der Waals surface area (Å²) in [6, 6.07) is 13.4. The number of hydrogen-bond donors (Lipinski definition) is 0. The number of tetrazole rings is 1. The standard InChI is InChI=1S/C18H13ClFN5O/c1-11-16(23-26-17(11)12-6-8-13(20)9-7-12)10-25-22-18(21-24-25)14-4-2-3-5-15(14)19/h2-9H,10H2,1H3. The summed E-state index contributed by atoms with van der Waals surface area (Å²) in [6.07, 6.45) is 0. The van der Waals surface area contributed by atoms with Crippen molar-refractivity contribution in [1.82, 2.24) is 25.4 Å². The predicted molar refractivity (Wildman–Crippen MR) is 94.0 cm³/mol. The summed E-state index contributed by atoms with van der Waals surface area (Å²) < 4.78 is 18.5. The van der Waals surface area contributed by atoms with Gasteiger partial charge in [-0.05, 0) is 48.5 Å². The van der Waals surface area contributed by atoms with Gasteiger partial charge in [0.15, 0.2) is 5.76 Å². The topological polar surface area (TPSA) is 69.6 Å². The van der Waals surface area contributed by atoms with Gasteiger partial charge >= 0.3 is 0 Å². The van der Waals surface area contributed by atoms with Crippen molar-refractivity contribution in [1.29, 1.82) is 0 Å². The van der Waals surface area contributed by atoms with Gasteiger partial charge in [-0.1, -0.05) is 28.9 Å². The molecule has 0 amide bonds. The van der Waals surface area contributed by atoms with Crippen LogP contribution in [0.4, 0.5) is 4.39 Å². The Bertz CT molecular complexity index is 1060. The number of halogens is 2. The normalized spacial score (nSPS) is 11.0. The van der Waals surface area contributed by atoms with Crippen molar-refractivity contribution in [2.24, 2.45) is 0 Å². The fourth-order valence-electron chi connectivity index (χ4n) is 2.58. The molecule has 0 bridgehead atoms. The third-order valence-electron chi connectivity index (χ3n) is 3.99. The highest BCUT2D eigenvalue weighted by Crippen LogP contribution is 2.27. The quantitative estimate of drug-likeness (QED) is 0.540. The highest BCUT2D eigenvalue weighted by molar-refractivity contribution is 6.33. The predicted octanol–water partition coefficient (Wildman–Crippen LogP) is 4.14. The molecular formula is C18H13ClFN5O. The van der Waals surface area contributed by atoms with Crippen LogP contribution in [0.3, 0.4) is 0 Å². The largest absolute Gasteiger partial charge is 0.356 e. The zero-order valence-electron chi connectivity index (χ0n) is 13.7. The average Bonchev–Trinajstić information content (AvgIpc) is 3.24. The van der Waals surface area contributed by atoms with Crippen molar-refractivity contribution in [2.45, 2.75) is 13.5 Å². The van der Waals surface area contributed by atoms with Crippen LogP contribution in [0.15, 0.2) is 53.1 Å². The number of hydrogen-bond acceptors (Lipinski definition) is 5. The summed E-state index contributed by atoms with van der Waals surface area (Å²) >= 11 is 6.16. The number of benzene rings is 2. The lowest BCUT2D eigenvalue weighted by Gasteiger charge is -1.99. The highest BCUT2D eigenvalue weighted by atomic mass is 35.5. The lowest BCUT2D eigenvalue weighted by molar-refractivity contribution is 0.415. The van der Waals surface area contributed by atoms with Crippen molar-refractivity contribution >= 4 is 11.6 Å². The zero-order chi connectivity index (χ0) is 18.1. The summed E-state index contributed by atoms with van der Waals surface area (Å²) in [4.78, 5) is 1.43. The van der Waals surface area contributed by atoms with E-state index in [1.54, 1.807) is 18.2 Å². The molecule has 0 saturated carbocycles. The van der Waals surface area contributed by atoms with Crippen molar-refractivity contribution in [2.75, 3.05) is 0 Å². The maximum atomic E-state index is 13.1. The van der Waals surface area contributed by atoms with Gasteiger partial charge in [0.05, 0.1) is 5.02 Å². The summed E-state index contributed by atoms with van der Waals surface area (Å²) in [5.41, 5.74) is 2.98. The third kappa shape index (κ3) is 3.09. The van der Waals surface area contributed by atoms with Crippen LogP contribution < -0.4 is 0 Å². The van der Waals surface area contributed by atoms with Crippen LogP contribution in [-0.4, -0.2) is 25.4 Å². The summed E-state index contributed by atoms with van der Waals surface area (Å²) in [5, 5.41) is 17.1. The van der Waals surface area contributed by atoms with Gasteiger partial charge < -0.3 is 4.52 Å². The molecule has 4 rings (SSSR count). The fraction of sp³-hybridized carbons (Fsp3) is 0.111. The molecule has 4 aromatic rings. The second-order valence-electron chi connectivity index (χ2n) is 5.71. The fourth-order valence-corrected chi connectivity index (χ4v) is 2.80. The molecule has 0 fully saturated rings. The van der Waals surface area contributed by atoms with Gasteiger partial charge in [0.2, 0.25) is 5.82 Å². The minimum absolute atomic E-state index is 0.300. The van der Waals surface area contributed by atoms with Crippen molar-refractivity contribution in [3.8, 4) is 22.7 Å². The maximum Gasteiger partial charge on any atom is 0.206 e. The first-order valence-corrected chi connectivity index (χ1v) is 8.23. The van der Waals surface area contributed by atoms with Gasteiger partial charge in [-0.15, -0.1) is 10.2 Å². The van der Waals surface area contributed by atoms with E-state index in [9.17, 15) is 4.39 Å².